The lowest BCUT2D eigenvalue weighted by atomic mass is 10.2. The summed E-state index contributed by atoms with van der Waals surface area (Å²) in [6.45, 7) is 0. The van der Waals surface area contributed by atoms with Crippen LogP contribution in [0.25, 0.3) is 0 Å². The van der Waals surface area contributed by atoms with Crippen LogP contribution in [0.3, 0.4) is 0 Å². The fraction of sp³-hybridized carbons (Fsp3) is 0. The summed E-state index contributed by atoms with van der Waals surface area (Å²) < 4.78 is 0. The summed E-state index contributed by atoms with van der Waals surface area (Å²) in [4.78, 5) is 10.1. The molecule has 3 N–H and O–H groups in total. The smallest absolute Gasteiger partial charge is 0.278 e. The molecule has 6 nitrogen and oxygen atoms in total. The Balaban J connectivity index is 3.01. The highest BCUT2D eigenvalue weighted by Gasteiger charge is 2.11. The van der Waals surface area contributed by atoms with Gasteiger partial charge in [-0.05, 0) is 24.4 Å². The minimum Gasteiger partial charge on any atom is -0.375 e. The Morgan fingerprint density at radius 1 is 1.69 bits per heavy atom. The van der Waals surface area contributed by atoms with Crippen molar-refractivity contribution in [3.05, 3.63) is 38.9 Å². The summed E-state index contributed by atoms with van der Waals surface area (Å²) in [7, 11) is 0. The zero-order valence-corrected chi connectivity index (χ0v) is 9.46. The van der Waals surface area contributed by atoms with E-state index in [-0.39, 0.29) is 16.4 Å². The highest BCUT2D eigenvalue weighted by molar-refractivity contribution is 7.80. The molecule has 0 radical (unpaired) electrons. The van der Waals surface area contributed by atoms with Gasteiger partial charge in [0.2, 0.25) is 0 Å². The second-order valence-corrected chi connectivity index (χ2v) is 3.57. The van der Waals surface area contributed by atoms with Gasteiger partial charge in [-0.3, -0.25) is 15.5 Å². The molecule has 0 spiro atoms. The van der Waals surface area contributed by atoms with Crippen molar-refractivity contribution < 1.29 is 4.92 Å². The third kappa shape index (κ3) is 3.44. The molecule has 1 aromatic rings. The number of halogens is 1. The Hall–Kier alpha value is -1.73. The predicted octanol–water partition coefficient (Wildman–Crippen LogP) is 1.42. The van der Waals surface area contributed by atoms with Gasteiger partial charge in [-0.25, -0.2) is 0 Å². The molecule has 8 heteroatoms. The SMILES string of the molecule is NC(=S)N/N=C/c1cc(Cl)ccc1[N+](=O)[O-]. The minimum atomic E-state index is -0.529. The maximum atomic E-state index is 10.7. The van der Waals surface area contributed by atoms with Crippen LogP contribution in [0.4, 0.5) is 5.69 Å². The first-order valence-corrected chi connectivity index (χ1v) is 4.82. The number of nitrogens with two attached hydrogens (primary N) is 1. The van der Waals surface area contributed by atoms with Crippen LogP contribution in [0.1, 0.15) is 5.56 Å². The first-order valence-electron chi connectivity index (χ1n) is 4.03. The lowest BCUT2D eigenvalue weighted by molar-refractivity contribution is -0.385. The maximum absolute atomic E-state index is 10.7. The van der Waals surface area contributed by atoms with Crippen molar-refractivity contribution in [1.82, 2.24) is 5.43 Å². The van der Waals surface area contributed by atoms with Crippen LogP contribution < -0.4 is 11.2 Å². The van der Waals surface area contributed by atoms with Gasteiger partial charge < -0.3 is 5.73 Å². The normalized spacial score (nSPS) is 10.3. The summed E-state index contributed by atoms with van der Waals surface area (Å²) in [6.07, 6.45) is 1.23. The van der Waals surface area contributed by atoms with Crippen molar-refractivity contribution in [3.8, 4) is 0 Å². The summed E-state index contributed by atoms with van der Waals surface area (Å²) >= 11 is 10.2. The average molecular weight is 259 g/mol. The third-order valence-electron chi connectivity index (χ3n) is 1.56. The molecule has 0 aliphatic carbocycles. The van der Waals surface area contributed by atoms with Crippen LogP contribution in [0.2, 0.25) is 5.02 Å². The molecule has 1 aromatic carbocycles. The highest BCUT2D eigenvalue weighted by Crippen LogP contribution is 2.20. The molecule has 0 saturated carbocycles. The van der Waals surface area contributed by atoms with Crippen molar-refractivity contribution in [1.29, 1.82) is 0 Å². The molecule has 0 saturated heterocycles. The number of hydrogen-bond acceptors (Lipinski definition) is 4. The first-order chi connectivity index (χ1) is 7.50. The number of nitrogens with zero attached hydrogens (tertiary/aromatic N) is 2. The van der Waals surface area contributed by atoms with Crippen molar-refractivity contribution >= 4 is 40.8 Å². The third-order valence-corrected chi connectivity index (χ3v) is 1.89. The molecule has 16 heavy (non-hydrogen) atoms. The number of thiocarbonyl (C=S) groups is 1. The second kappa shape index (κ2) is 5.38. The molecule has 0 fully saturated rings. The largest absolute Gasteiger partial charge is 0.375 e. The van der Waals surface area contributed by atoms with Gasteiger partial charge in [0.1, 0.15) is 0 Å². The van der Waals surface area contributed by atoms with E-state index in [9.17, 15) is 10.1 Å². The fourth-order valence-corrected chi connectivity index (χ4v) is 1.19. The van der Waals surface area contributed by atoms with Crippen molar-refractivity contribution in [2.24, 2.45) is 10.8 Å². The van der Waals surface area contributed by atoms with E-state index >= 15 is 0 Å². The molecule has 0 aromatic heterocycles. The molecule has 0 unspecified atom stereocenters. The molecule has 0 amide bonds. The number of nitrogens with one attached hydrogen (secondary N) is 1. The fourth-order valence-electron chi connectivity index (χ4n) is 0.960. The molecule has 84 valence electrons. The van der Waals surface area contributed by atoms with Crippen molar-refractivity contribution in [3.63, 3.8) is 0 Å². The molecule has 0 aliphatic heterocycles. The zero-order valence-electron chi connectivity index (χ0n) is 7.88. The molecule has 0 atom stereocenters. The highest BCUT2D eigenvalue weighted by atomic mass is 35.5. The monoisotopic (exact) mass is 258 g/mol. The zero-order chi connectivity index (χ0) is 12.1. The molecular formula is C8H7ClN4O2S. The average Bonchev–Trinajstić information content (AvgIpc) is 2.16. The lowest BCUT2D eigenvalue weighted by Gasteiger charge is -1.98. The van der Waals surface area contributed by atoms with E-state index in [1.165, 1.54) is 24.4 Å². The van der Waals surface area contributed by atoms with E-state index < -0.39 is 4.92 Å². The standard InChI is InChI=1S/C8H7ClN4O2S/c9-6-1-2-7(13(14)15)5(3-6)4-11-12-8(10)16/h1-4H,(H3,10,12,16)/b11-4+. The van der Waals surface area contributed by atoms with Gasteiger partial charge in [0.25, 0.3) is 5.69 Å². The van der Waals surface area contributed by atoms with Crippen LogP contribution in [0.5, 0.6) is 0 Å². The number of hydrogen-bond donors (Lipinski definition) is 2. The number of nitro groups is 1. The summed E-state index contributed by atoms with van der Waals surface area (Å²) in [5.74, 6) is 0. The van der Waals surface area contributed by atoms with E-state index in [4.69, 9.17) is 17.3 Å². The summed E-state index contributed by atoms with van der Waals surface area (Å²) in [6, 6.07) is 4.15. The van der Waals surface area contributed by atoms with E-state index in [0.29, 0.717) is 5.02 Å². The van der Waals surface area contributed by atoms with Crippen LogP contribution in [-0.4, -0.2) is 16.3 Å². The Labute approximate surface area is 101 Å². The lowest BCUT2D eigenvalue weighted by Crippen LogP contribution is -2.24. The number of benzene rings is 1. The first kappa shape index (κ1) is 12.3. The number of rotatable bonds is 3. The number of nitro benzene ring substituents is 1. The minimum absolute atomic E-state index is 0.0269. The molecular weight excluding hydrogens is 252 g/mol. The van der Waals surface area contributed by atoms with Gasteiger partial charge in [-0.15, -0.1) is 0 Å². The van der Waals surface area contributed by atoms with Gasteiger partial charge in [0.05, 0.1) is 16.7 Å². The molecule has 0 aliphatic rings. The maximum Gasteiger partial charge on any atom is 0.278 e. The van der Waals surface area contributed by atoms with Gasteiger partial charge in [-0.2, -0.15) is 5.10 Å². The molecule has 0 heterocycles. The van der Waals surface area contributed by atoms with Crippen molar-refractivity contribution in [2.75, 3.05) is 0 Å². The van der Waals surface area contributed by atoms with Crippen LogP contribution >= 0.6 is 23.8 Å². The van der Waals surface area contributed by atoms with Gasteiger partial charge in [-0.1, -0.05) is 11.6 Å². The quantitative estimate of drug-likeness (QED) is 0.370. The molecule has 1 rings (SSSR count). The Morgan fingerprint density at radius 2 is 2.38 bits per heavy atom. The Kier molecular flexibility index (Phi) is 4.15. The van der Waals surface area contributed by atoms with Gasteiger partial charge >= 0.3 is 0 Å². The van der Waals surface area contributed by atoms with E-state index in [2.05, 4.69) is 22.7 Å². The summed E-state index contributed by atoms with van der Waals surface area (Å²) in [5, 5.41) is 14.6. The number of hydrazone groups is 1. The van der Waals surface area contributed by atoms with E-state index in [1.807, 2.05) is 0 Å². The van der Waals surface area contributed by atoms with Crippen LogP contribution in [0.15, 0.2) is 23.3 Å². The predicted molar refractivity (Wildman–Crippen MR) is 65.6 cm³/mol. The Morgan fingerprint density at radius 3 is 2.94 bits per heavy atom. The summed E-state index contributed by atoms with van der Waals surface area (Å²) in [5.41, 5.74) is 7.59. The molecule has 0 bridgehead atoms. The van der Waals surface area contributed by atoms with Crippen LogP contribution in [0, 0.1) is 10.1 Å². The van der Waals surface area contributed by atoms with E-state index in [0.717, 1.165) is 0 Å². The topological polar surface area (TPSA) is 93.5 Å². The van der Waals surface area contributed by atoms with Crippen molar-refractivity contribution in [2.45, 2.75) is 0 Å². The van der Waals surface area contributed by atoms with Gasteiger partial charge in [0.15, 0.2) is 5.11 Å². The Bertz CT molecular complexity index is 463. The second-order valence-electron chi connectivity index (χ2n) is 2.69. The van der Waals surface area contributed by atoms with Gasteiger partial charge in [0, 0.05) is 11.1 Å². The van der Waals surface area contributed by atoms with Crippen LogP contribution in [-0.2, 0) is 0 Å². The van der Waals surface area contributed by atoms with E-state index in [1.54, 1.807) is 0 Å².